The van der Waals surface area contributed by atoms with Crippen molar-refractivity contribution in [3.63, 3.8) is 0 Å². The predicted molar refractivity (Wildman–Crippen MR) is 119 cm³/mol. The van der Waals surface area contributed by atoms with E-state index in [2.05, 4.69) is 15.9 Å². The average molecular weight is 445 g/mol. The third kappa shape index (κ3) is 3.13. The summed E-state index contributed by atoms with van der Waals surface area (Å²) in [5.41, 5.74) is 2.59. The summed E-state index contributed by atoms with van der Waals surface area (Å²) in [6.07, 6.45) is -0.832. The summed E-state index contributed by atoms with van der Waals surface area (Å²) in [7, 11) is 0. The van der Waals surface area contributed by atoms with Crippen LogP contribution in [0.1, 0.15) is 11.7 Å². The molecule has 1 amide bonds. The molecular weight excluding hydrogens is 428 g/mol. The van der Waals surface area contributed by atoms with Gasteiger partial charge in [0.1, 0.15) is 0 Å². The van der Waals surface area contributed by atoms with Gasteiger partial charge in [-0.3, -0.25) is 0 Å². The van der Waals surface area contributed by atoms with Gasteiger partial charge in [-0.15, -0.1) is 0 Å². The van der Waals surface area contributed by atoms with E-state index >= 15 is 0 Å². The second-order valence-corrected chi connectivity index (χ2v) is 7.73. The molecule has 1 fully saturated rings. The van der Waals surface area contributed by atoms with Crippen LogP contribution in [0.4, 0.5) is 16.2 Å². The van der Waals surface area contributed by atoms with Crippen LogP contribution in [0.25, 0.3) is 10.8 Å². The second kappa shape index (κ2) is 7.26. The molecule has 5 heteroatoms. The number of para-hydroxylation sites is 1. The zero-order valence-corrected chi connectivity index (χ0v) is 17.0. The van der Waals surface area contributed by atoms with Crippen LogP contribution in [-0.2, 0) is 4.84 Å². The molecule has 0 N–H and O–H groups in total. The average Bonchev–Trinajstić information content (AvgIpc) is 3.11. The van der Waals surface area contributed by atoms with Crippen LogP contribution in [0, 0.1) is 0 Å². The molecule has 1 atom stereocenters. The minimum atomic E-state index is -0.427. The Hall–Kier alpha value is -3.31. The molecule has 1 aliphatic heterocycles. The lowest BCUT2D eigenvalue weighted by Crippen LogP contribution is -2.31. The van der Waals surface area contributed by atoms with Crippen LogP contribution in [0.2, 0.25) is 0 Å². The smallest absolute Gasteiger partial charge is 0.319 e. The maximum absolute atomic E-state index is 13.1. The number of hydrogen-bond acceptors (Lipinski definition) is 3. The molecule has 0 saturated carbocycles. The highest BCUT2D eigenvalue weighted by Gasteiger charge is 2.43. The predicted octanol–water partition coefficient (Wildman–Crippen LogP) is 6.68. The number of carbonyl (C=O) groups is 1. The topological polar surface area (TPSA) is 32.8 Å². The first-order valence-corrected chi connectivity index (χ1v) is 10.1. The lowest BCUT2D eigenvalue weighted by Gasteiger charge is -2.28. The Bertz CT molecular complexity index is 1170. The van der Waals surface area contributed by atoms with Gasteiger partial charge in [-0.1, -0.05) is 82.7 Å². The molecule has 0 aliphatic carbocycles. The van der Waals surface area contributed by atoms with Crippen molar-refractivity contribution in [3.8, 4) is 0 Å². The van der Waals surface area contributed by atoms with E-state index in [1.54, 1.807) is 9.96 Å². The fourth-order valence-corrected chi connectivity index (χ4v) is 3.98. The van der Waals surface area contributed by atoms with Crippen molar-refractivity contribution in [3.05, 3.63) is 107 Å². The molecule has 0 aromatic heterocycles. The van der Waals surface area contributed by atoms with Crippen molar-refractivity contribution < 1.29 is 9.63 Å². The molecule has 0 radical (unpaired) electrons. The fraction of sp³-hybridized carbons (Fsp3) is 0.0417. The van der Waals surface area contributed by atoms with Gasteiger partial charge in [-0.2, -0.15) is 5.06 Å². The van der Waals surface area contributed by atoms with Crippen molar-refractivity contribution in [1.29, 1.82) is 0 Å². The van der Waals surface area contributed by atoms with Crippen LogP contribution in [0.5, 0.6) is 0 Å². The first-order valence-electron chi connectivity index (χ1n) is 9.31. The third-order valence-electron chi connectivity index (χ3n) is 5.04. The van der Waals surface area contributed by atoms with E-state index in [0.717, 1.165) is 32.2 Å². The maximum atomic E-state index is 13.1. The molecule has 0 spiro atoms. The van der Waals surface area contributed by atoms with Crippen LogP contribution in [-0.4, -0.2) is 6.09 Å². The summed E-state index contributed by atoms with van der Waals surface area (Å²) in [5.74, 6) is 0. The molecule has 29 heavy (non-hydrogen) atoms. The quantitative estimate of drug-likeness (QED) is 0.353. The van der Waals surface area contributed by atoms with Crippen molar-refractivity contribution in [2.45, 2.75) is 6.17 Å². The zero-order valence-electron chi connectivity index (χ0n) is 15.4. The summed E-state index contributed by atoms with van der Waals surface area (Å²) < 4.78 is 0.981. The largest absolute Gasteiger partial charge is 0.441 e. The van der Waals surface area contributed by atoms with Crippen LogP contribution < -0.4 is 9.96 Å². The van der Waals surface area contributed by atoms with Gasteiger partial charge in [-0.05, 0) is 41.3 Å². The molecule has 4 nitrogen and oxygen atoms in total. The molecule has 5 rings (SSSR count). The lowest BCUT2D eigenvalue weighted by molar-refractivity contribution is 0.164. The highest BCUT2D eigenvalue weighted by atomic mass is 79.9. The van der Waals surface area contributed by atoms with E-state index in [-0.39, 0.29) is 0 Å². The number of hydrogen-bond donors (Lipinski definition) is 0. The minimum absolute atomic E-state index is 0.405. The third-order valence-corrected chi connectivity index (χ3v) is 5.57. The Morgan fingerprint density at radius 2 is 1.45 bits per heavy atom. The van der Waals surface area contributed by atoms with E-state index in [9.17, 15) is 4.79 Å². The lowest BCUT2D eigenvalue weighted by atomic mass is 10.1. The summed E-state index contributed by atoms with van der Waals surface area (Å²) in [6, 6.07) is 31.7. The van der Waals surface area contributed by atoms with Crippen molar-refractivity contribution in [2.75, 3.05) is 9.96 Å². The van der Waals surface area contributed by atoms with Crippen molar-refractivity contribution in [1.82, 2.24) is 0 Å². The molecule has 142 valence electrons. The van der Waals surface area contributed by atoms with Crippen molar-refractivity contribution >= 4 is 44.2 Å². The minimum Gasteiger partial charge on any atom is -0.319 e. The van der Waals surface area contributed by atoms with Gasteiger partial charge in [0, 0.05) is 9.86 Å². The highest BCUT2D eigenvalue weighted by Crippen LogP contribution is 2.42. The van der Waals surface area contributed by atoms with Crippen LogP contribution >= 0.6 is 15.9 Å². The van der Waals surface area contributed by atoms with E-state index < -0.39 is 12.3 Å². The molecule has 4 aromatic carbocycles. The first-order chi connectivity index (χ1) is 14.2. The molecule has 1 saturated heterocycles. The fourth-order valence-electron chi connectivity index (χ4n) is 3.72. The number of rotatable bonds is 3. The summed E-state index contributed by atoms with van der Waals surface area (Å²) in [5, 5.41) is 3.75. The summed E-state index contributed by atoms with van der Waals surface area (Å²) in [4.78, 5) is 20.6. The van der Waals surface area contributed by atoms with E-state index in [4.69, 9.17) is 4.84 Å². The van der Waals surface area contributed by atoms with Gasteiger partial charge in [0.25, 0.3) is 0 Å². The first kappa shape index (κ1) is 17.8. The van der Waals surface area contributed by atoms with Gasteiger partial charge in [0.2, 0.25) is 0 Å². The SMILES string of the molecule is O=C1ON(c2ccccc2)[C@H](c2ccc(Br)cc2)N1c1cccc2ccccc12. The normalized spacial score (nSPS) is 16.3. The van der Waals surface area contributed by atoms with Gasteiger partial charge in [-0.25, -0.2) is 9.69 Å². The van der Waals surface area contributed by atoms with Crippen LogP contribution in [0.15, 0.2) is 102 Å². The molecule has 0 unspecified atom stereocenters. The number of anilines is 2. The number of hydroxylamine groups is 1. The Kier molecular flexibility index (Phi) is 4.45. The molecule has 4 aromatic rings. The standard InChI is InChI=1S/C24H17BrN2O2/c25-19-15-13-18(14-16-19)23-26(22-12-6-8-17-7-4-5-11-21(17)22)24(28)29-27(23)20-9-2-1-3-10-20/h1-16,23H/t23-/m1/s1. The van der Waals surface area contributed by atoms with E-state index in [0.29, 0.717) is 0 Å². The maximum Gasteiger partial charge on any atom is 0.441 e. The Balaban J connectivity index is 1.70. The van der Waals surface area contributed by atoms with E-state index in [1.165, 1.54) is 0 Å². The summed E-state index contributed by atoms with van der Waals surface area (Å²) in [6.45, 7) is 0. The van der Waals surface area contributed by atoms with E-state index in [1.807, 2.05) is 97.1 Å². The number of carbonyl (C=O) groups excluding carboxylic acids is 1. The number of fused-ring (bicyclic) bond motifs is 1. The molecule has 0 bridgehead atoms. The monoisotopic (exact) mass is 444 g/mol. The van der Waals surface area contributed by atoms with Gasteiger partial charge in [0.15, 0.2) is 6.17 Å². The Labute approximate surface area is 177 Å². The molecule has 1 heterocycles. The summed E-state index contributed by atoms with van der Waals surface area (Å²) >= 11 is 3.49. The van der Waals surface area contributed by atoms with Gasteiger partial charge in [0.05, 0.1) is 11.4 Å². The van der Waals surface area contributed by atoms with Gasteiger partial charge < -0.3 is 4.84 Å². The Morgan fingerprint density at radius 3 is 2.24 bits per heavy atom. The van der Waals surface area contributed by atoms with Crippen molar-refractivity contribution in [2.24, 2.45) is 0 Å². The number of nitrogens with zero attached hydrogens (tertiary/aromatic N) is 2. The molecular formula is C24H17BrN2O2. The van der Waals surface area contributed by atoms with Crippen LogP contribution in [0.3, 0.4) is 0 Å². The second-order valence-electron chi connectivity index (χ2n) is 6.81. The number of amides is 1. The zero-order chi connectivity index (χ0) is 19.8. The Morgan fingerprint density at radius 1 is 0.759 bits per heavy atom. The number of benzene rings is 4. The molecule has 1 aliphatic rings. The number of halogens is 1. The highest BCUT2D eigenvalue weighted by molar-refractivity contribution is 9.10. The van der Waals surface area contributed by atoms with Gasteiger partial charge >= 0.3 is 6.09 Å².